The summed E-state index contributed by atoms with van der Waals surface area (Å²) in [6.07, 6.45) is 2.25. The lowest BCUT2D eigenvalue weighted by Gasteiger charge is -2.25. The number of rotatable bonds is 7. The van der Waals surface area contributed by atoms with Crippen molar-refractivity contribution in [3.8, 4) is 0 Å². The predicted molar refractivity (Wildman–Crippen MR) is 65.6 cm³/mol. The third-order valence-electron chi connectivity index (χ3n) is 2.30. The molecule has 0 aliphatic rings. The normalized spacial score (nSPS) is 12.7. The van der Waals surface area contributed by atoms with E-state index < -0.39 is 5.54 Å². The van der Waals surface area contributed by atoms with Gasteiger partial charge >= 0.3 is 0 Å². The molecule has 0 heterocycles. The molecule has 0 aliphatic heterocycles. The van der Waals surface area contributed by atoms with Crippen LogP contribution in [0.3, 0.4) is 0 Å². The molecule has 3 nitrogen and oxygen atoms in total. The molecule has 0 saturated heterocycles. The molecular formula is C12H24N2O. The van der Waals surface area contributed by atoms with Crippen LogP contribution in [0.2, 0.25) is 0 Å². The largest absolute Gasteiger partial charge is 0.305 e. The summed E-state index contributed by atoms with van der Waals surface area (Å²) in [5.74, 6) is 0.791. The van der Waals surface area contributed by atoms with Crippen LogP contribution >= 0.6 is 0 Å². The molecular weight excluding hydrogens is 188 g/mol. The number of aliphatic imine (C=N–C) groups is 1. The van der Waals surface area contributed by atoms with Crippen LogP contribution in [0.5, 0.6) is 0 Å². The van der Waals surface area contributed by atoms with Crippen molar-refractivity contribution in [2.24, 2.45) is 10.9 Å². The number of hydrogen-bond donors (Lipinski definition) is 1. The van der Waals surface area contributed by atoms with Crippen LogP contribution in [-0.4, -0.2) is 30.6 Å². The van der Waals surface area contributed by atoms with Crippen molar-refractivity contribution in [3.05, 3.63) is 0 Å². The number of nitrogens with zero attached hydrogens (tertiary/aromatic N) is 1. The number of hydrogen-bond acceptors (Lipinski definition) is 3. The van der Waals surface area contributed by atoms with E-state index >= 15 is 0 Å². The van der Waals surface area contributed by atoms with E-state index in [4.69, 9.17) is 0 Å². The van der Waals surface area contributed by atoms with Gasteiger partial charge in [-0.1, -0.05) is 13.8 Å². The second-order valence-electron chi connectivity index (χ2n) is 4.74. The molecule has 0 spiro atoms. The molecule has 15 heavy (non-hydrogen) atoms. The van der Waals surface area contributed by atoms with Gasteiger partial charge in [-0.05, 0) is 39.4 Å². The first-order valence-corrected chi connectivity index (χ1v) is 5.63. The van der Waals surface area contributed by atoms with E-state index in [-0.39, 0.29) is 5.78 Å². The maximum atomic E-state index is 11.8. The van der Waals surface area contributed by atoms with Crippen LogP contribution < -0.4 is 5.32 Å². The molecule has 0 atom stereocenters. The topological polar surface area (TPSA) is 41.5 Å². The van der Waals surface area contributed by atoms with Gasteiger partial charge in [-0.25, -0.2) is 0 Å². The Hall–Kier alpha value is -0.700. The lowest BCUT2D eigenvalue weighted by Crippen LogP contribution is -2.48. The molecule has 0 rings (SSSR count). The van der Waals surface area contributed by atoms with Crippen LogP contribution in [0.1, 0.15) is 41.0 Å². The zero-order valence-electron chi connectivity index (χ0n) is 10.6. The molecule has 0 aliphatic carbocycles. The van der Waals surface area contributed by atoms with Crippen LogP contribution in [0.25, 0.3) is 0 Å². The third kappa shape index (κ3) is 6.39. The van der Waals surface area contributed by atoms with Crippen molar-refractivity contribution in [3.63, 3.8) is 0 Å². The first-order valence-electron chi connectivity index (χ1n) is 5.63. The summed E-state index contributed by atoms with van der Waals surface area (Å²) in [6, 6.07) is 0. The zero-order chi connectivity index (χ0) is 11.9. The van der Waals surface area contributed by atoms with Gasteiger partial charge in [0.1, 0.15) is 0 Å². The van der Waals surface area contributed by atoms with E-state index in [1.165, 1.54) is 0 Å². The fraction of sp³-hybridized carbons (Fsp3) is 0.833. The smallest absolute Gasteiger partial charge is 0.154 e. The molecule has 0 bridgehead atoms. The van der Waals surface area contributed by atoms with Crippen LogP contribution in [-0.2, 0) is 4.79 Å². The predicted octanol–water partition coefficient (Wildman–Crippen LogP) is 2.06. The summed E-state index contributed by atoms with van der Waals surface area (Å²) in [4.78, 5) is 15.9. The van der Waals surface area contributed by atoms with E-state index in [1.807, 2.05) is 20.8 Å². The Kier molecular flexibility index (Phi) is 6.41. The molecule has 0 radical (unpaired) electrons. The van der Waals surface area contributed by atoms with Crippen molar-refractivity contribution in [1.82, 2.24) is 5.32 Å². The molecule has 0 aromatic carbocycles. The van der Waals surface area contributed by atoms with Gasteiger partial charge in [-0.15, -0.1) is 0 Å². The van der Waals surface area contributed by atoms with Gasteiger partial charge in [0.25, 0.3) is 0 Å². The van der Waals surface area contributed by atoms with Gasteiger partial charge in [0.05, 0.1) is 5.54 Å². The fourth-order valence-corrected chi connectivity index (χ4v) is 1.17. The molecule has 0 unspecified atom stereocenters. The van der Waals surface area contributed by atoms with Gasteiger partial charge in [0.2, 0.25) is 0 Å². The average Bonchev–Trinajstić information content (AvgIpc) is 2.15. The molecule has 3 heteroatoms. The molecule has 1 N–H and O–H groups in total. The Morgan fingerprint density at radius 2 is 2.07 bits per heavy atom. The zero-order valence-corrected chi connectivity index (χ0v) is 10.6. The summed E-state index contributed by atoms with van der Waals surface area (Å²) in [7, 11) is 0. The number of carbonyl (C=O) groups is 1. The van der Waals surface area contributed by atoms with Crippen molar-refractivity contribution in [2.45, 2.75) is 46.6 Å². The average molecular weight is 212 g/mol. The minimum absolute atomic E-state index is 0.230. The summed E-state index contributed by atoms with van der Waals surface area (Å²) >= 11 is 0. The summed E-state index contributed by atoms with van der Waals surface area (Å²) in [5, 5.41) is 3.28. The van der Waals surface area contributed by atoms with Gasteiger partial charge in [-0.2, -0.15) is 0 Å². The van der Waals surface area contributed by atoms with E-state index in [1.54, 1.807) is 6.21 Å². The number of Topliss-reactive ketones (excluding diaryl/α,β-unsaturated/α-hetero) is 1. The van der Waals surface area contributed by atoms with Gasteiger partial charge < -0.3 is 5.32 Å². The van der Waals surface area contributed by atoms with Crippen LogP contribution in [0.4, 0.5) is 0 Å². The van der Waals surface area contributed by atoms with Crippen LogP contribution in [0.15, 0.2) is 4.99 Å². The lowest BCUT2D eigenvalue weighted by atomic mass is 9.96. The highest BCUT2D eigenvalue weighted by atomic mass is 16.1. The van der Waals surface area contributed by atoms with E-state index in [9.17, 15) is 4.79 Å². The minimum atomic E-state index is -0.423. The molecule has 0 amide bonds. The van der Waals surface area contributed by atoms with Crippen molar-refractivity contribution in [2.75, 3.05) is 13.1 Å². The Morgan fingerprint density at radius 1 is 1.47 bits per heavy atom. The highest BCUT2D eigenvalue weighted by Crippen LogP contribution is 2.08. The number of carbonyl (C=O) groups excluding carboxylic acids is 1. The number of ketones is 1. The Labute approximate surface area is 93.4 Å². The highest BCUT2D eigenvalue weighted by Gasteiger charge is 2.25. The quantitative estimate of drug-likeness (QED) is 0.656. The maximum Gasteiger partial charge on any atom is 0.154 e. The van der Waals surface area contributed by atoms with Gasteiger partial charge in [-0.3, -0.25) is 9.79 Å². The minimum Gasteiger partial charge on any atom is -0.305 e. The molecule has 0 saturated carbocycles. The second kappa shape index (κ2) is 6.72. The van der Waals surface area contributed by atoms with Crippen molar-refractivity contribution in [1.29, 1.82) is 0 Å². The molecule has 0 aromatic rings. The maximum absolute atomic E-state index is 11.8. The first kappa shape index (κ1) is 14.3. The SMILES string of the molecule is C/C=N\CCC(=O)C(C)(C)NCC(C)C. The van der Waals surface area contributed by atoms with Crippen LogP contribution in [0, 0.1) is 5.92 Å². The van der Waals surface area contributed by atoms with E-state index in [2.05, 4.69) is 24.2 Å². The van der Waals surface area contributed by atoms with Crippen molar-refractivity contribution < 1.29 is 4.79 Å². The Balaban J connectivity index is 4.02. The van der Waals surface area contributed by atoms with Gasteiger partial charge in [0.15, 0.2) is 5.78 Å². The fourth-order valence-electron chi connectivity index (χ4n) is 1.17. The Bertz CT molecular complexity index is 220. The highest BCUT2D eigenvalue weighted by molar-refractivity contribution is 5.87. The first-order chi connectivity index (χ1) is 6.90. The standard InChI is InChI=1S/C12H24N2O/c1-6-13-8-7-11(15)12(4,5)14-9-10(2)3/h6,10,14H,7-9H2,1-5H3/b13-6-. The van der Waals surface area contributed by atoms with Gasteiger partial charge in [0, 0.05) is 13.0 Å². The molecule has 0 fully saturated rings. The van der Waals surface area contributed by atoms with E-state index in [0.717, 1.165) is 6.54 Å². The summed E-state index contributed by atoms with van der Waals surface area (Å²) < 4.78 is 0. The Morgan fingerprint density at radius 3 is 2.53 bits per heavy atom. The van der Waals surface area contributed by atoms with Crippen molar-refractivity contribution >= 4 is 12.0 Å². The molecule has 0 aromatic heterocycles. The monoisotopic (exact) mass is 212 g/mol. The second-order valence-corrected chi connectivity index (χ2v) is 4.74. The number of nitrogens with one attached hydrogen (secondary N) is 1. The third-order valence-corrected chi connectivity index (χ3v) is 2.30. The van der Waals surface area contributed by atoms with E-state index in [0.29, 0.717) is 18.9 Å². The summed E-state index contributed by atoms with van der Waals surface area (Å²) in [6.45, 7) is 11.5. The molecule has 88 valence electrons. The lowest BCUT2D eigenvalue weighted by molar-refractivity contribution is -0.124. The summed E-state index contributed by atoms with van der Waals surface area (Å²) in [5.41, 5.74) is -0.423.